The molecule has 2 unspecified atom stereocenters. The smallest absolute Gasteiger partial charge is 0.192 e. The maximum atomic E-state index is 5.89. The molecule has 27 heavy (non-hydrogen) atoms. The van der Waals surface area contributed by atoms with Gasteiger partial charge in [-0.3, -0.25) is 0 Å². The Labute approximate surface area is 161 Å². The van der Waals surface area contributed by atoms with Gasteiger partial charge >= 0.3 is 0 Å². The minimum atomic E-state index is -0.139. The molecule has 2 N–H and O–H groups in total. The number of hydrogen-bond donors (Lipinski definition) is 2. The van der Waals surface area contributed by atoms with Crippen molar-refractivity contribution in [2.45, 2.75) is 51.8 Å². The number of aryl methyl sites for hydroxylation is 1. The summed E-state index contributed by atoms with van der Waals surface area (Å²) in [6.45, 7) is 8.23. The van der Waals surface area contributed by atoms with Crippen molar-refractivity contribution in [1.82, 2.24) is 25.4 Å². The van der Waals surface area contributed by atoms with Gasteiger partial charge in [-0.05, 0) is 39.2 Å². The summed E-state index contributed by atoms with van der Waals surface area (Å²) in [5, 5.41) is 15.3. The summed E-state index contributed by atoms with van der Waals surface area (Å²) in [4.78, 5) is 4.74. The van der Waals surface area contributed by atoms with Crippen LogP contribution in [0, 0.1) is 6.92 Å². The van der Waals surface area contributed by atoms with Gasteiger partial charge in [0.1, 0.15) is 12.4 Å². The quantitative estimate of drug-likeness (QED) is 0.603. The number of aromatic nitrogens is 3. The molecule has 1 fully saturated rings. The number of hydrogen-bond acceptors (Lipinski definition) is 4. The van der Waals surface area contributed by atoms with Crippen LogP contribution in [0.3, 0.4) is 0 Å². The molecule has 7 nitrogen and oxygen atoms in total. The number of ether oxygens (including phenoxy) is 1. The van der Waals surface area contributed by atoms with Gasteiger partial charge in [-0.15, -0.1) is 10.2 Å². The standard InChI is InChI=1S/C20H30N6O/c1-15(17-9-6-5-7-10-17)23-19(22-14-20(3)11-8-12-27-20)21-13-18-25-24-16(2)26(18)4/h5-7,9-10,15H,8,11-14H2,1-4H3,(H2,21,22,23). The zero-order valence-corrected chi connectivity index (χ0v) is 16.7. The van der Waals surface area contributed by atoms with Crippen LogP contribution in [0.4, 0.5) is 0 Å². The van der Waals surface area contributed by atoms with E-state index < -0.39 is 0 Å². The van der Waals surface area contributed by atoms with Crippen molar-refractivity contribution >= 4 is 5.96 Å². The number of rotatable bonds is 6. The molecule has 0 radical (unpaired) electrons. The fourth-order valence-electron chi connectivity index (χ4n) is 3.17. The van der Waals surface area contributed by atoms with Crippen molar-refractivity contribution in [1.29, 1.82) is 0 Å². The lowest BCUT2D eigenvalue weighted by molar-refractivity contribution is 0.0242. The first-order valence-corrected chi connectivity index (χ1v) is 9.55. The van der Waals surface area contributed by atoms with E-state index in [-0.39, 0.29) is 11.6 Å². The molecule has 0 amide bonds. The number of nitrogens with zero attached hydrogens (tertiary/aromatic N) is 4. The lowest BCUT2D eigenvalue weighted by Crippen LogP contribution is -2.46. The summed E-state index contributed by atoms with van der Waals surface area (Å²) in [7, 11) is 1.96. The zero-order valence-electron chi connectivity index (χ0n) is 16.7. The minimum absolute atomic E-state index is 0.135. The summed E-state index contributed by atoms with van der Waals surface area (Å²) in [5.41, 5.74) is 1.07. The fraction of sp³-hybridized carbons (Fsp3) is 0.550. The van der Waals surface area contributed by atoms with E-state index in [0.29, 0.717) is 6.54 Å². The predicted octanol–water partition coefficient (Wildman–Crippen LogP) is 2.49. The first-order valence-electron chi connectivity index (χ1n) is 9.55. The van der Waals surface area contributed by atoms with Crippen LogP contribution < -0.4 is 10.6 Å². The summed E-state index contributed by atoms with van der Waals surface area (Å²) in [6.07, 6.45) is 2.17. The van der Waals surface area contributed by atoms with Crippen LogP contribution in [-0.2, 0) is 18.3 Å². The van der Waals surface area contributed by atoms with Crippen molar-refractivity contribution in [3.05, 3.63) is 47.5 Å². The molecule has 2 heterocycles. The molecular formula is C20H30N6O. The van der Waals surface area contributed by atoms with E-state index in [9.17, 15) is 0 Å². The second kappa shape index (κ2) is 8.52. The van der Waals surface area contributed by atoms with Gasteiger partial charge in [0.25, 0.3) is 0 Å². The average molecular weight is 371 g/mol. The summed E-state index contributed by atoms with van der Waals surface area (Å²) >= 11 is 0. The van der Waals surface area contributed by atoms with E-state index in [1.165, 1.54) is 5.56 Å². The van der Waals surface area contributed by atoms with Gasteiger partial charge in [-0.1, -0.05) is 30.3 Å². The van der Waals surface area contributed by atoms with E-state index in [0.717, 1.165) is 43.6 Å². The predicted molar refractivity (Wildman–Crippen MR) is 106 cm³/mol. The van der Waals surface area contributed by atoms with Gasteiger partial charge in [0.05, 0.1) is 11.6 Å². The summed E-state index contributed by atoms with van der Waals surface area (Å²) < 4.78 is 7.86. The maximum absolute atomic E-state index is 5.89. The van der Waals surface area contributed by atoms with Gasteiger partial charge in [-0.2, -0.15) is 0 Å². The van der Waals surface area contributed by atoms with Crippen LogP contribution in [0.25, 0.3) is 0 Å². The Morgan fingerprint density at radius 2 is 2.11 bits per heavy atom. The molecule has 1 saturated heterocycles. The monoisotopic (exact) mass is 370 g/mol. The largest absolute Gasteiger partial charge is 0.373 e. The van der Waals surface area contributed by atoms with Crippen molar-refractivity contribution < 1.29 is 4.74 Å². The summed E-state index contributed by atoms with van der Waals surface area (Å²) in [5.74, 6) is 2.47. The van der Waals surface area contributed by atoms with Crippen LogP contribution in [0.1, 0.15) is 49.9 Å². The number of aliphatic imine (C=N–C) groups is 1. The Balaban J connectivity index is 1.71. The molecule has 3 rings (SSSR count). The first-order chi connectivity index (χ1) is 13.0. The van der Waals surface area contributed by atoms with Crippen LogP contribution in [0.5, 0.6) is 0 Å². The van der Waals surface area contributed by atoms with E-state index in [1.54, 1.807) is 0 Å². The van der Waals surface area contributed by atoms with Crippen LogP contribution in [0.15, 0.2) is 35.3 Å². The SMILES string of the molecule is Cc1nnc(CN=C(NCC2(C)CCCO2)NC(C)c2ccccc2)n1C. The second-order valence-electron chi connectivity index (χ2n) is 7.42. The second-order valence-corrected chi connectivity index (χ2v) is 7.42. The molecule has 7 heteroatoms. The molecule has 0 aliphatic carbocycles. The van der Waals surface area contributed by atoms with Gasteiger partial charge < -0.3 is 19.9 Å². The third-order valence-electron chi connectivity index (χ3n) is 5.14. The highest BCUT2D eigenvalue weighted by Crippen LogP contribution is 2.23. The maximum Gasteiger partial charge on any atom is 0.192 e. The molecule has 0 spiro atoms. The lowest BCUT2D eigenvalue weighted by Gasteiger charge is -2.26. The summed E-state index contributed by atoms with van der Waals surface area (Å²) in [6, 6.07) is 10.5. The molecule has 146 valence electrons. The molecule has 1 aromatic carbocycles. The number of benzene rings is 1. The molecular weight excluding hydrogens is 340 g/mol. The Morgan fingerprint density at radius 1 is 1.33 bits per heavy atom. The topological polar surface area (TPSA) is 76.4 Å². The lowest BCUT2D eigenvalue weighted by atomic mass is 10.0. The highest BCUT2D eigenvalue weighted by atomic mass is 16.5. The fourth-order valence-corrected chi connectivity index (χ4v) is 3.17. The first kappa shape index (κ1) is 19.4. The molecule has 0 saturated carbocycles. The van der Waals surface area contributed by atoms with E-state index in [1.807, 2.05) is 36.7 Å². The average Bonchev–Trinajstić information content (AvgIpc) is 3.25. The van der Waals surface area contributed by atoms with E-state index in [2.05, 4.69) is 46.8 Å². The van der Waals surface area contributed by atoms with Crippen molar-refractivity contribution in [3.63, 3.8) is 0 Å². The third kappa shape index (κ3) is 5.07. The number of nitrogens with one attached hydrogen (secondary N) is 2. The highest BCUT2D eigenvalue weighted by Gasteiger charge is 2.29. The van der Waals surface area contributed by atoms with Crippen LogP contribution in [-0.4, -0.2) is 39.5 Å². The van der Waals surface area contributed by atoms with Gasteiger partial charge in [0.15, 0.2) is 11.8 Å². The van der Waals surface area contributed by atoms with Crippen LogP contribution in [0.2, 0.25) is 0 Å². The van der Waals surface area contributed by atoms with Gasteiger partial charge in [0, 0.05) is 20.2 Å². The van der Waals surface area contributed by atoms with Gasteiger partial charge in [0.2, 0.25) is 0 Å². The molecule has 2 aromatic rings. The molecule has 2 atom stereocenters. The van der Waals surface area contributed by atoms with Crippen molar-refractivity contribution in [3.8, 4) is 0 Å². The van der Waals surface area contributed by atoms with Crippen molar-refractivity contribution in [2.24, 2.45) is 12.0 Å². The minimum Gasteiger partial charge on any atom is -0.373 e. The zero-order chi connectivity index (χ0) is 19.3. The third-order valence-corrected chi connectivity index (χ3v) is 5.14. The molecule has 0 bridgehead atoms. The highest BCUT2D eigenvalue weighted by molar-refractivity contribution is 5.80. The normalized spacial score (nSPS) is 21.3. The Bertz CT molecular complexity index is 764. The Kier molecular flexibility index (Phi) is 6.11. The Hall–Kier alpha value is -2.41. The Morgan fingerprint density at radius 3 is 2.74 bits per heavy atom. The number of guanidine groups is 1. The van der Waals surface area contributed by atoms with Crippen molar-refractivity contribution in [2.75, 3.05) is 13.2 Å². The molecule has 1 aliphatic heterocycles. The molecule has 1 aliphatic rings. The molecule has 1 aromatic heterocycles. The van der Waals surface area contributed by atoms with Crippen LogP contribution >= 0.6 is 0 Å². The van der Waals surface area contributed by atoms with E-state index >= 15 is 0 Å². The van der Waals surface area contributed by atoms with E-state index in [4.69, 9.17) is 9.73 Å². The van der Waals surface area contributed by atoms with Gasteiger partial charge in [-0.25, -0.2) is 4.99 Å².